The molecule has 1 aromatic heterocycles. The third-order valence-corrected chi connectivity index (χ3v) is 4.61. The van der Waals surface area contributed by atoms with Crippen molar-refractivity contribution in [3.05, 3.63) is 11.9 Å². The Balaban J connectivity index is 1.66. The molecule has 1 amide bonds. The molecule has 1 aliphatic carbocycles. The third-order valence-electron chi connectivity index (χ3n) is 4.61. The lowest BCUT2D eigenvalue weighted by Gasteiger charge is -2.44. The molecule has 0 radical (unpaired) electrons. The SMILES string of the molecule is O=C(Cn1cc(CO)nn1)N1CCCC2CCCCC21. The number of carbonyl (C=O) groups is 1. The van der Waals surface area contributed by atoms with Crippen molar-refractivity contribution in [2.45, 2.75) is 57.7 Å². The van der Waals surface area contributed by atoms with E-state index >= 15 is 0 Å². The van der Waals surface area contributed by atoms with Crippen molar-refractivity contribution in [3.8, 4) is 0 Å². The second-order valence-corrected chi connectivity index (χ2v) is 5.91. The number of aliphatic hydroxyl groups excluding tert-OH is 1. The molecule has 1 N–H and O–H groups in total. The van der Waals surface area contributed by atoms with Gasteiger partial charge in [-0.05, 0) is 31.6 Å². The number of amides is 1. The van der Waals surface area contributed by atoms with Crippen molar-refractivity contribution in [1.29, 1.82) is 0 Å². The molecule has 2 unspecified atom stereocenters. The Hall–Kier alpha value is -1.43. The van der Waals surface area contributed by atoms with E-state index in [9.17, 15) is 4.79 Å². The highest BCUT2D eigenvalue weighted by atomic mass is 16.3. The van der Waals surface area contributed by atoms with Crippen LogP contribution in [0.2, 0.25) is 0 Å². The van der Waals surface area contributed by atoms with Crippen LogP contribution in [0.15, 0.2) is 6.20 Å². The Labute approximate surface area is 118 Å². The highest BCUT2D eigenvalue weighted by molar-refractivity contribution is 5.76. The number of hydrogen-bond donors (Lipinski definition) is 1. The van der Waals surface area contributed by atoms with Gasteiger partial charge < -0.3 is 10.0 Å². The lowest BCUT2D eigenvalue weighted by atomic mass is 9.78. The zero-order valence-corrected chi connectivity index (χ0v) is 11.7. The van der Waals surface area contributed by atoms with Gasteiger partial charge >= 0.3 is 0 Å². The number of rotatable bonds is 3. The van der Waals surface area contributed by atoms with Crippen LogP contribution in [0.5, 0.6) is 0 Å². The average molecular weight is 278 g/mol. The maximum atomic E-state index is 12.5. The minimum atomic E-state index is -0.136. The highest BCUT2D eigenvalue weighted by Gasteiger charge is 2.35. The lowest BCUT2D eigenvalue weighted by molar-refractivity contribution is -0.138. The summed E-state index contributed by atoms with van der Waals surface area (Å²) in [5, 5.41) is 16.7. The Morgan fingerprint density at radius 3 is 2.90 bits per heavy atom. The van der Waals surface area contributed by atoms with Crippen LogP contribution >= 0.6 is 0 Å². The summed E-state index contributed by atoms with van der Waals surface area (Å²) in [4.78, 5) is 14.6. The molecule has 110 valence electrons. The zero-order chi connectivity index (χ0) is 13.9. The zero-order valence-electron chi connectivity index (χ0n) is 11.7. The van der Waals surface area contributed by atoms with E-state index in [-0.39, 0.29) is 19.1 Å². The monoisotopic (exact) mass is 278 g/mol. The topological polar surface area (TPSA) is 71.2 Å². The molecular formula is C14H22N4O2. The summed E-state index contributed by atoms with van der Waals surface area (Å²) in [7, 11) is 0. The molecule has 0 aromatic carbocycles. The fourth-order valence-corrected chi connectivity index (χ4v) is 3.65. The Morgan fingerprint density at radius 2 is 2.10 bits per heavy atom. The summed E-state index contributed by atoms with van der Waals surface area (Å²) in [5.41, 5.74) is 0.506. The summed E-state index contributed by atoms with van der Waals surface area (Å²) >= 11 is 0. The van der Waals surface area contributed by atoms with Gasteiger partial charge in [-0.2, -0.15) is 0 Å². The van der Waals surface area contributed by atoms with E-state index in [0.29, 0.717) is 17.7 Å². The van der Waals surface area contributed by atoms with Crippen molar-refractivity contribution >= 4 is 5.91 Å². The van der Waals surface area contributed by atoms with E-state index < -0.39 is 0 Å². The smallest absolute Gasteiger partial charge is 0.244 e. The summed E-state index contributed by atoms with van der Waals surface area (Å²) in [6.07, 6.45) is 9.00. The second kappa shape index (κ2) is 5.91. The summed E-state index contributed by atoms with van der Waals surface area (Å²) in [6, 6.07) is 0.436. The first-order valence-corrected chi connectivity index (χ1v) is 7.57. The molecule has 2 heterocycles. The molecule has 6 nitrogen and oxygen atoms in total. The summed E-state index contributed by atoms with van der Waals surface area (Å²) in [6.45, 7) is 0.973. The molecule has 3 rings (SSSR count). The highest BCUT2D eigenvalue weighted by Crippen LogP contribution is 2.35. The lowest BCUT2D eigenvalue weighted by Crippen LogP contribution is -2.50. The van der Waals surface area contributed by atoms with Crippen LogP contribution < -0.4 is 0 Å². The van der Waals surface area contributed by atoms with Crippen molar-refractivity contribution < 1.29 is 9.90 Å². The van der Waals surface area contributed by atoms with E-state index in [1.165, 1.54) is 30.4 Å². The third kappa shape index (κ3) is 2.70. The molecule has 1 aromatic rings. The Kier molecular flexibility index (Phi) is 4.00. The van der Waals surface area contributed by atoms with Crippen molar-refractivity contribution in [3.63, 3.8) is 0 Å². The molecule has 1 saturated heterocycles. The van der Waals surface area contributed by atoms with Gasteiger partial charge in [-0.3, -0.25) is 4.79 Å². The van der Waals surface area contributed by atoms with Crippen LogP contribution in [0.4, 0.5) is 0 Å². The molecule has 2 atom stereocenters. The average Bonchev–Trinajstić information content (AvgIpc) is 2.94. The Bertz CT molecular complexity index is 471. The number of carbonyl (C=O) groups excluding carboxylic acids is 1. The van der Waals surface area contributed by atoms with Crippen LogP contribution in [-0.4, -0.2) is 43.5 Å². The van der Waals surface area contributed by atoms with Crippen molar-refractivity contribution in [2.75, 3.05) is 6.54 Å². The first kappa shape index (κ1) is 13.5. The van der Waals surface area contributed by atoms with Gasteiger partial charge in [-0.1, -0.05) is 18.1 Å². The van der Waals surface area contributed by atoms with Gasteiger partial charge in [0.2, 0.25) is 5.91 Å². The van der Waals surface area contributed by atoms with Gasteiger partial charge in [0.25, 0.3) is 0 Å². The minimum absolute atomic E-state index is 0.135. The number of aromatic nitrogens is 3. The van der Waals surface area contributed by atoms with E-state index in [0.717, 1.165) is 19.4 Å². The molecule has 20 heavy (non-hydrogen) atoms. The maximum absolute atomic E-state index is 12.5. The van der Waals surface area contributed by atoms with Crippen LogP contribution in [0.3, 0.4) is 0 Å². The van der Waals surface area contributed by atoms with E-state index in [1.807, 2.05) is 0 Å². The minimum Gasteiger partial charge on any atom is -0.390 e. The van der Waals surface area contributed by atoms with Gasteiger partial charge in [0.15, 0.2) is 0 Å². The molecule has 6 heteroatoms. The Morgan fingerprint density at radius 1 is 1.30 bits per heavy atom. The number of hydrogen-bond acceptors (Lipinski definition) is 4. The molecule has 0 spiro atoms. The van der Waals surface area contributed by atoms with E-state index in [4.69, 9.17) is 5.11 Å². The molecule has 1 aliphatic heterocycles. The van der Waals surface area contributed by atoms with Crippen LogP contribution in [0.25, 0.3) is 0 Å². The fraction of sp³-hybridized carbons (Fsp3) is 0.786. The molecular weight excluding hydrogens is 256 g/mol. The predicted molar refractivity (Wildman–Crippen MR) is 72.6 cm³/mol. The van der Waals surface area contributed by atoms with Crippen LogP contribution in [0.1, 0.15) is 44.2 Å². The number of piperidine rings is 1. The summed E-state index contributed by atoms with van der Waals surface area (Å²) in [5.74, 6) is 0.834. The molecule has 1 saturated carbocycles. The number of likely N-dealkylation sites (tertiary alicyclic amines) is 1. The standard InChI is InChI=1S/C14H22N4O2/c19-10-12-8-17(16-15-12)9-14(20)18-7-3-5-11-4-1-2-6-13(11)18/h8,11,13,19H,1-7,9-10H2. The van der Waals surface area contributed by atoms with Crippen molar-refractivity contribution in [2.24, 2.45) is 5.92 Å². The number of fused-ring (bicyclic) bond motifs is 1. The van der Waals surface area contributed by atoms with E-state index in [2.05, 4.69) is 15.2 Å². The van der Waals surface area contributed by atoms with Gasteiger partial charge in [-0.15, -0.1) is 5.10 Å². The summed E-state index contributed by atoms with van der Waals surface area (Å²) < 4.78 is 1.53. The van der Waals surface area contributed by atoms with Crippen LogP contribution in [0, 0.1) is 5.92 Å². The first-order chi connectivity index (χ1) is 9.78. The second-order valence-electron chi connectivity index (χ2n) is 5.91. The normalized spacial score (nSPS) is 26.4. The first-order valence-electron chi connectivity index (χ1n) is 7.57. The van der Waals surface area contributed by atoms with Gasteiger partial charge in [0.1, 0.15) is 12.2 Å². The van der Waals surface area contributed by atoms with Gasteiger partial charge in [0.05, 0.1) is 12.8 Å². The number of aliphatic hydroxyl groups is 1. The van der Waals surface area contributed by atoms with E-state index in [1.54, 1.807) is 6.20 Å². The van der Waals surface area contributed by atoms with Gasteiger partial charge in [-0.25, -0.2) is 4.68 Å². The van der Waals surface area contributed by atoms with Gasteiger partial charge in [0, 0.05) is 12.6 Å². The quantitative estimate of drug-likeness (QED) is 0.893. The molecule has 0 bridgehead atoms. The number of nitrogens with zero attached hydrogens (tertiary/aromatic N) is 4. The predicted octanol–water partition coefficient (Wildman–Crippen LogP) is 0.952. The van der Waals surface area contributed by atoms with Crippen molar-refractivity contribution in [1.82, 2.24) is 19.9 Å². The fourth-order valence-electron chi connectivity index (χ4n) is 3.65. The largest absolute Gasteiger partial charge is 0.390 e. The maximum Gasteiger partial charge on any atom is 0.244 e. The molecule has 2 aliphatic rings. The molecule has 2 fully saturated rings. The van der Waals surface area contributed by atoms with Crippen LogP contribution in [-0.2, 0) is 17.9 Å².